The van der Waals surface area contributed by atoms with Crippen LogP contribution in [0.4, 0.5) is 8.78 Å². The molecular formula is C18H15F2NO3S. The number of sulfone groups is 1. The third-order valence-electron chi connectivity index (χ3n) is 4.04. The second kappa shape index (κ2) is 6.07. The van der Waals surface area contributed by atoms with Gasteiger partial charge in [-0.1, -0.05) is 12.1 Å². The zero-order valence-electron chi connectivity index (χ0n) is 13.6. The number of rotatable bonds is 3. The van der Waals surface area contributed by atoms with E-state index in [9.17, 15) is 17.6 Å². The lowest BCUT2D eigenvalue weighted by atomic mass is 10.0. The van der Waals surface area contributed by atoms with Crippen molar-refractivity contribution >= 4 is 20.7 Å². The molecule has 3 rings (SSSR count). The van der Waals surface area contributed by atoms with Crippen molar-refractivity contribution in [3.05, 3.63) is 64.5 Å². The highest BCUT2D eigenvalue weighted by atomic mass is 32.2. The van der Waals surface area contributed by atoms with E-state index in [0.29, 0.717) is 6.54 Å². The maximum Gasteiger partial charge on any atom is 0.189 e. The molecule has 0 radical (unpaired) electrons. The number of benzene rings is 2. The molecule has 7 heteroatoms. The van der Waals surface area contributed by atoms with Crippen molar-refractivity contribution in [3.63, 3.8) is 0 Å². The summed E-state index contributed by atoms with van der Waals surface area (Å²) < 4.78 is 54.6. The van der Waals surface area contributed by atoms with Gasteiger partial charge in [0, 0.05) is 25.1 Å². The van der Waals surface area contributed by atoms with Gasteiger partial charge in [-0.25, -0.2) is 17.2 Å². The lowest BCUT2D eigenvalue weighted by Gasteiger charge is -2.13. The molecule has 130 valence electrons. The molecule has 3 aromatic rings. The fraction of sp³-hybridized carbons (Fsp3) is 0.167. The van der Waals surface area contributed by atoms with E-state index in [4.69, 9.17) is 0 Å². The summed E-state index contributed by atoms with van der Waals surface area (Å²) in [6.45, 7) is 2.17. The van der Waals surface area contributed by atoms with Gasteiger partial charge in [0.25, 0.3) is 0 Å². The van der Waals surface area contributed by atoms with Crippen LogP contribution in [0.15, 0.2) is 52.3 Å². The smallest absolute Gasteiger partial charge is 0.189 e. The number of aryl methyl sites for hydroxylation is 1. The second-order valence-corrected chi connectivity index (χ2v) is 7.73. The van der Waals surface area contributed by atoms with Crippen LogP contribution in [0, 0.1) is 11.6 Å². The molecule has 0 fully saturated rings. The molecule has 2 aromatic carbocycles. The first-order valence-electron chi connectivity index (χ1n) is 7.55. The Balaban J connectivity index is 2.41. The van der Waals surface area contributed by atoms with Gasteiger partial charge in [-0.2, -0.15) is 0 Å². The average molecular weight is 363 g/mol. The predicted octanol–water partition coefficient (Wildman–Crippen LogP) is 3.37. The monoisotopic (exact) mass is 363 g/mol. The average Bonchev–Trinajstić information content (AvgIpc) is 2.55. The summed E-state index contributed by atoms with van der Waals surface area (Å²) in [4.78, 5) is 11.9. The molecule has 1 aromatic heterocycles. The van der Waals surface area contributed by atoms with Crippen LogP contribution in [0.3, 0.4) is 0 Å². The third kappa shape index (κ3) is 2.95. The Morgan fingerprint density at radius 1 is 1.12 bits per heavy atom. The lowest BCUT2D eigenvalue weighted by molar-refractivity contribution is 0.589. The van der Waals surface area contributed by atoms with Gasteiger partial charge >= 0.3 is 0 Å². The van der Waals surface area contributed by atoms with Crippen LogP contribution < -0.4 is 5.43 Å². The van der Waals surface area contributed by atoms with Crippen LogP contribution in [0.1, 0.15) is 6.92 Å². The lowest BCUT2D eigenvalue weighted by Crippen LogP contribution is -2.10. The van der Waals surface area contributed by atoms with Gasteiger partial charge in [0.2, 0.25) is 0 Å². The molecule has 4 nitrogen and oxygen atoms in total. The summed E-state index contributed by atoms with van der Waals surface area (Å²) in [6.07, 6.45) is 2.47. The Bertz CT molecular complexity index is 1150. The topological polar surface area (TPSA) is 56.1 Å². The minimum Gasteiger partial charge on any atom is -0.345 e. The Hall–Kier alpha value is -2.54. The number of aromatic nitrogens is 1. The van der Waals surface area contributed by atoms with Crippen LogP contribution in [0.5, 0.6) is 0 Å². The van der Waals surface area contributed by atoms with Crippen molar-refractivity contribution in [3.8, 4) is 11.1 Å². The largest absolute Gasteiger partial charge is 0.345 e. The molecule has 0 aliphatic rings. The zero-order chi connectivity index (χ0) is 18.4. The first kappa shape index (κ1) is 17.3. The van der Waals surface area contributed by atoms with Gasteiger partial charge in [0.1, 0.15) is 5.82 Å². The van der Waals surface area contributed by atoms with Crippen LogP contribution >= 0.6 is 0 Å². The van der Waals surface area contributed by atoms with E-state index < -0.39 is 26.9 Å². The Morgan fingerprint density at radius 3 is 2.48 bits per heavy atom. The van der Waals surface area contributed by atoms with Crippen LogP contribution in [0.25, 0.3) is 22.0 Å². The van der Waals surface area contributed by atoms with E-state index in [1.807, 2.05) is 0 Å². The molecule has 0 aliphatic heterocycles. The van der Waals surface area contributed by atoms with Gasteiger partial charge in [0.15, 0.2) is 21.1 Å². The predicted molar refractivity (Wildman–Crippen MR) is 92.3 cm³/mol. The molecule has 0 unspecified atom stereocenters. The van der Waals surface area contributed by atoms with Crippen molar-refractivity contribution < 1.29 is 17.2 Å². The maximum absolute atomic E-state index is 15.1. The second-order valence-electron chi connectivity index (χ2n) is 5.71. The Kier molecular flexibility index (Phi) is 4.20. The van der Waals surface area contributed by atoms with Crippen LogP contribution in [0.2, 0.25) is 0 Å². The number of nitrogens with zero attached hydrogens (tertiary/aromatic N) is 1. The summed E-state index contributed by atoms with van der Waals surface area (Å²) >= 11 is 0. The standard InChI is InChI=1S/C18H15F2NO3S/c1-3-21-8-7-15(22)13-10-14(19)16(17(20)18(13)21)11-5-4-6-12(9-11)25(2,23)24/h4-10H,3H2,1-2H3. The first-order valence-corrected chi connectivity index (χ1v) is 9.45. The number of hydrogen-bond donors (Lipinski definition) is 0. The molecule has 0 spiro atoms. The minimum absolute atomic E-state index is 0.00356. The van der Waals surface area contributed by atoms with Crippen LogP contribution in [-0.4, -0.2) is 19.2 Å². The van der Waals surface area contributed by atoms with E-state index in [0.717, 1.165) is 12.3 Å². The van der Waals surface area contributed by atoms with Crippen LogP contribution in [-0.2, 0) is 16.4 Å². The van der Waals surface area contributed by atoms with E-state index in [-0.39, 0.29) is 26.9 Å². The molecule has 0 amide bonds. The highest BCUT2D eigenvalue weighted by Crippen LogP contribution is 2.32. The summed E-state index contributed by atoms with van der Waals surface area (Å²) in [6, 6.07) is 7.69. The van der Waals surface area contributed by atoms with Gasteiger partial charge in [-0.3, -0.25) is 4.79 Å². The molecule has 0 saturated heterocycles. The minimum atomic E-state index is -3.52. The van der Waals surface area contributed by atoms with Crippen molar-refractivity contribution in [2.75, 3.05) is 6.26 Å². The van der Waals surface area contributed by atoms with Gasteiger partial charge in [-0.05, 0) is 30.7 Å². The summed E-state index contributed by atoms with van der Waals surface area (Å²) in [5, 5.41) is -0.0534. The highest BCUT2D eigenvalue weighted by molar-refractivity contribution is 7.90. The molecule has 1 heterocycles. The molecule has 25 heavy (non-hydrogen) atoms. The number of pyridine rings is 1. The van der Waals surface area contributed by atoms with E-state index in [1.165, 1.54) is 41.1 Å². The van der Waals surface area contributed by atoms with Gasteiger partial charge < -0.3 is 4.57 Å². The maximum atomic E-state index is 15.1. The van der Waals surface area contributed by atoms with Crippen molar-refractivity contribution in [1.29, 1.82) is 0 Å². The van der Waals surface area contributed by atoms with E-state index in [2.05, 4.69) is 0 Å². The Labute approximate surface area is 143 Å². The quantitative estimate of drug-likeness (QED) is 0.717. The fourth-order valence-electron chi connectivity index (χ4n) is 2.81. The molecule has 0 saturated carbocycles. The number of hydrogen-bond acceptors (Lipinski definition) is 3. The molecule has 0 atom stereocenters. The molecule has 0 N–H and O–H groups in total. The van der Waals surface area contributed by atoms with Crippen molar-refractivity contribution in [2.24, 2.45) is 0 Å². The number of fused-ring (bicyclic) bond motifs is 1. The van der Waals surface area contributed by atoms with Gasteiger partial charge in [-0.15, -0.1) is 0 Å². The van der Waals surface area contributed by atoms with Gasteiger partial charge in [0.05, 0.1) is 21.4 Å². The molecule has 0 aliphatic carbocycles. The Morgan fingerprint density at radius 2 is 1.84 bits per heavy atom. The summed E-state index contributed by atoms with van der Waals surface area (Å²) in [5.74, 6) is -1.80. The molecule has 0 bridgehead atoms. The number of halogens is 2. The van der Waals surface area contributed by atoms with E-state index >= 15 is 4.39 Å². The molecular weight excluding hydrogens is 348 g/mol. The van der Waals surface area contributed by atoms with Crippen molar-refractivity contribution in [1.82, 2.24) is 4.57 Å². The zero-order valence-corrected chi connectivity index (χ0v) is 14.4. The van der Waals surface area contributed by atoms with Crippen molar-refractivity contribution in [2.45, 2.75) is 18.4 Å². The highest BCUT2D eigenvalue weighted by Gasteiger charge is 2.20. The SMILES string of the molecule is CCn1ccc(=O)c2cc(F)c(-c3cccc(S(C)(=O)=O)c3)c(F)c21. The summed E-state index contributed by atoms with van der Waals surface area (Å²) in [5.41, 5.74) is -0.741. The summed E-state index contributed by atoms with van der Waals surface area (Å²) in [7, 11) is -3.52. The first-order chi connectivity index (χ1) is 11.7. The fourth-order valence-corrected chi connectivity index (χ4v) is 3.48. The van der Waals surface area contributed by atoms with E-state index in [1.54, 1.807) is 6.92 Å². The normalized spacial score (nSPS) is 11.8. The third-order valence-corrected chi connectivity index (χ3v) is 5.15.